The molecule has 0 saturated carbocycles. The van der Waals surface area contributed by atoms with E-state index in [0.717, 1.165) is 42.0 Å². The monoisotopic (exact) mass is 406 g/mol. The molecule has 0 amide bonds. The number of pyridine rings is 1. The van der Waals surface area contributed by atoms with E-state index in [2.05, 4.69) is 20.8 Å². The third kappa shape index (κ3) is 5.04. The van der Waals surface area contributed by atoms with E-state index in [1.807, 2.05) is 53.3 Å². The van der Waals surface area contributed by atoms with Crippen LogP contribution in [0.1, 0.15) is 18.4 Å². The minimum absolute atomic E-state index is 0.222. The van der Waals surface area contributed by atoms with Crippen LogP contribution in [0.5, 0.6) is 0 Å². The van der Waals surface area contributed by atoms with Crippen molar-refractivity contribution in [3.05, 3.63) is 66.6 Å². The summed E-state index contributed by atoms with van der Waals surface area (Å²) < 4.78 is 7.41. The Morgan fingerprint density at radius 2 is 2.17 bits per heavy atom. The normalized spacial score (nSPS) is 16.2. The van der Waals surface area contributed by atoms with Gasteiger partial charge in [0.25, 0.3) is 0 Å². The van der Waals surface area contributed by atoms with Crippen molar-refractivity contribution in [2.75, 3.05) is 13.2 Å². The molecular weight excluding hydrogens is 384 g/mol. The maximum atomic E-state index is 5.58. The van der Waals surface area contributed by atoms with Crippen LogP contribution in [0.3, 0.4) is 0 Å². The Morgan fingerprint density at radius 1 is 1.28 bits per heavy atom. The average molecular weight is 407 g/mol. The summed E-state index contributed by atoms with van der Waals surface area (Å²) in [6.07, 6.45) is 9.57. The van der Waals surface area contributed by atoms with Crippen molar-refractivity contribution in [1.82, 2.24) is 25.5 Å². The number of rotatable bonds is 6. The van der Waals surface area contributed by atoms with Gasteiger partial charge in [0.1, 0.15) is 5.69 Å². The zero-order valence-corrected chi connectivity index (χ0v) is 16.7. The highest BCUT2D eigenvalue weighted by atomic mass is 32.1. The number of hydrazone groups is 1. The van der Waals surface area contributed by atoms with Gasteiger partial charge in [-0.25, -0.2) is 4.68 Å². The SMILES string of the molecule is S=C(NC[C@H]1CCCO1)N/N=C\c1cn(-c2ccccc2)nc1-c1cccnc1. The van der Waals surface area contributed by atoms with Gasteiger partial charge in [-0.2, -0.15) is 10.2 Å². The first-order chi connectivity index (χ1) is 14.3. The molecule has 1 saturated heterocycles. The summed E-state index contributed by atoms with van der Waals surface area (Å²) >= 11 is 5.29. The van der Waals surface area contributed by atoms with Gasteiger partial charge in [-0.15, -0.1) is 0 Å². The van der Waals surface area contributed by atoms with E-state index in [-0.39, 0.29) is 6.10 Å². The van der Waals surface area contributed by atoms with Crippen LogP contribution in [0.2, 0.25) is 0 Å². The van der Waals surface area contributed by atoms with E-state index in [0.29, 0.717) is 11.7 Å². The average Bonchev–Trinajstić information content (AvgIpc) is 3.44. The maximum absolute atomic E-state index is 5.58. The molecule has 2 aromatic heterocycles. The molecule has 1 aliphatic rings. The summed E-state index contributed by atoms with van der Waals surface area (Å²) in [6.45, 7) is 1.52. The number of thiocarbonyl (C=S) groups is 1. The molecule has 1 aliphatic heterocycles. The molecule has 3 aromatic rings. The largest absolute Gasteiger partial charge is 0.376 e. The van der Waals surface area contributed by atoms with Gasteiger partial charge in [0.15, 0.2) is 5.11 Å². The van der Waals surface area contributed by atoms with Crippen LogP contribution in [-0.4, -0.2) is 45.3 Å². The lowest BCUT2D eigenvalue weighted by Crippen LogP contribution is -2.37. The van der Waals surface area contributed by atoms with Crippen LogP contribution in [0.15, 0.2) is 66.2 Å². The number of ether oxygens (including phenoxy) is 1. The number of nitrogens with one attached hydrogen (secondary N) is 2. The summed E-state index contributed by atoms with van der Waals surface area (Å²) in [6, 6.07) is 13.8. The number of para-hydroxylation sites is 1. The summed E-state index contributed by atoms with van der Waals surface area (Å²) in [5, 5.41) is 12.6. The van der Waals surface area contributed by atoms with Crippen LogP contribution in [0.4, 0.5) is 0 Å². The van der Waals surface area contributed by atoms with Gasteiger partial charge in [0.2, 0.25) is 0 Å². The Balaban J connectivity index is 1.48. The predicted molar refractivity (Wildman–Crippen MR) is 117 cm³/mol. The van der Waals surface area contributed by atoms with Gasteiger partial charge in [-0.3, -0.25) is 10.4 Å². The second-order valence-corrected chi connectivity index (χ2v) is 7.08. The van der Waals surface area contributed by atoms with Gasteiger partial charge < -0.3 is 10.1 Å². The van der Waals surface area contributed by atoms with Crippen molar-refractivity contribution < 1.29 is 4.74 Å². The quantitative estimate of drug-likeness (QED) is 0.372. The predicted octanol–water partition coefficient (Wildman–Crippen LogP) is 2.91. The number of aromatic nitrogens is 3. The van der Waals surface area contributed by atoms with Gasteiger partial charge in [0, 0.05) is 42.9 Å². The number of hydrogen-bond donors (Lipinski definition) is 2. The van der Waals surface area contributed by atoms with Crippen LogP contribution in [0.25, 0.3) is 16.9 Å². The first-order valence-corrected chi connectivity index (χ1v) is 9.94. The first-order valence-electron chi connectivity index (χ1n) is 9.53. The van der Waals surface area contributed by atoms with Gasteiger partial charge in [0.05, 0.1) is 18.0 Å². The molecule has 0 bridgehead atoms. The molecule has 29 heavy (non-hydrogen) atoms. The Hall–Kier alpha value is -3.10. The molecule has 0 spiro atoms. The van der Waals surface area contributed by atoms with Crippen molar-refractivity contribution in [3.63, 3.8) is 0 Å². The molecule has 148 valence electrons. The topological polar surface area (TPSA) is 76.4 Å². The molecule has 0 aliphatic carbocycles. The fraction of sp³-hybridized carbons (Fsp3) is 0.238. The number of benzene rings is 1. The molecule has 1 atom stereocenters. The highest BCUT2D eigenvalue weighted by Gasteiger charge is 2.15. The van der Waals surface area contributed by atoms with E-state index in [4.69, 9.17) is 22.1 Å². The maximum Gasteiger partial charge on any atom is 0.187 e. The highest BCUT2D eigenvalue weighted by Crippen LogP contribution is 2.21. The molecule has 1 fully saturated rings. The summed E-state index contributed by atoms with van der Waals surface area (Å²) in [5.74, 6) is 0. The summed E-state index contributed by atoms with van der Waals surface area (Å²) in [4.78, 5) is 4.20. The zero-order chi connectivity index (χ0) is 19.9. The lowest BCUT2D eigenvalue weighted by Gasteiger charge is -2.11. The molecule has 2 N–H and O–H groups in total. The molecular formula is C21H22N6OS. The third-order valence-electron chi connectivity index (χ3n) is 4.58. The zero-order valence-electron chi connectivity index (χ0n) is 15.9. The standard InChI is InChI=1S/C21H22N6OS/c29-21(23-14-19-9-5-11-28-19)25-24-13-17-15-27(18-7-2-1-3-8-18)26-20(17)16-6-4-10-22-12-16/h1-4,6-8,10,12-13,15,19H,5,9,11,14H2,(H2,23,25,29)/b24-13-/t19-/m1/s1. The molecule has 8 heteroatoms. The summed E-state index contributed by atoms with van der Waals surface area (Å²) in [5.41, 5.74) is 6.41. The van der Waals surface area contributed by atoms with Gasteiger partial charge in [-0.05, 0) is 49.3 Å². The van der Waals surface area contributed by atoms with E-state index >= 15 is 0 Å². The molecule has 0 unspecified atom stereocenters. The Labute approximate surface area is 174 Å². The van der Waals surface area contributed by atoms with Crippen molar-refractivity contribution in [1.29, 1.82) is 0 Å². The molecule has 0 radical (unpaired) electrons. The van der Waals surface area contributed by atoms with Crippen LogP contribution in [-0.2, 0) is 4.74 Å². The molecule has 4 rings (SSSR count). The second-order valence-electron chi connectivity index (χ2n) is 6.67. The van der Waals surface area contributed by atoms with E-state index in [1.165, 1.54) is 0 Å². The van der Waals surface area contributed by atoms with E-state index < -0.39 is 0 Å². The fourth-order valence-corrected chi connectivity index (χ4v) is 3.27. The minimum Gasteiger partial charge on any atom is -0.376 e. The Bertz CT molecular complexity index is 967. The second kappa shape index (κ2) is 9.40. The highest BCUT2D eigenvalue weighted by molar-refractivity contribution is 7.80. The minimum atomic E-state index is 0.222. The van der Waals surface area contributed by atoms with E-state index in [1.54, 1.807) is 18.6 Å². The Kier molecular flexibility index (Phi) is 6.23. The van der Waals surface area contributed by atoms with Crippen molar-refractivity contribution in [2.24, 2.45) is 5.10 Å². The van der Waals surface area contributed by atoms with Gasteiger partial charge in [-0.1, -0.05) is 18.2 Å². The molecule has 3 heterocycles. The lowest BCUT2D eigenvalue weighted by atomic mass is 10.1. The molecule has 7 nitrogen and oxygen atoms in total. The number of nitrogens with zero attached hydrogens (tertiary/aromatic N) is 4. The fourth-order valence-electron chi connectivity index (χ4n) is 3.13. The third-order valence-corrected chi connectivity index (χ3v) is 4.82. The van der Waals surface area contributed by atoms with Crippen LogP contribution >= 0.6 is 12.2 Å². The van der Waals surface area contributed by atoms with Crippen molar-refractivity contribution >= 4 is 23.5 Å². The van der Waals surface area contributed by atoms with Crippen LogP contribution < -0.4 is 10.7 Å². The molecule has 1 aromatic carbocycles. The number of hydrogen-bond acceptors (Lipinski definition) is 5. The summed E-state index contributed by atoms with van der Waals surface area (Å²) in [7, 11) is 0. The van der Waals surface area contributed by atoms with Gasteiger partial charge >= 0.3 is 0 Å². The first kappa shape index (κ1) is 19.2. The van der Waals surface area contributed by atoms with E-state index in [9.17, 15) is 0 Å². The van der Waals surface area contributed by atoms with Crippen LogP contribution in [0, 0.1) is 0 Å². The lowest BCUT2D eigenvalue weighted by molar-refractivity contribution is 0.114. The smallest absolute Gasteiger partial charge is 0.187 e. The Morgan fingerprint density at radius 3 is 2.93 bits per heavy atom. The van der Waals surface area contributed by atoms with Crippen molar-refractivity contribution in [3.8, 4) is 16.9 Å². The van der Waals surface area contributed by atoms with Crippen molar-refractivity contribution in [2.45, 2.75) is 18.9 Å².